The highest BCUT2D eigenvalue weighted by Gasteiger charge is 2.34. The van der Waals surface area contributed by atoms with Crippen molar-refractivity contribution in [3.8, 4) is 11.5 Å². The van der Waals surface area contributed by atoms with Gasteiger partial charge in [0.1, 0.15) is 17.5 Å². The fraction of sp³-hybridized carbons (Fsp3) is 0.545. The first kappa shape index (κ1) is 22.6. The number of hydrogen-bond acceptors (Lipinski definition) is 6. The number of rotatable bonds is 8. The number of carbonyl (C=O) groups is 4. The summed E-state index contributed by atoms with van der Waals surface area (Å²) in [6.07, 6.45) is 2.57. The van der Waals surface area contributed by atoms with Crippen molar-refractivity contribution < 1.29 is 33.8 Å². The van der Waals surface area contributed by atoms with Crippen LogP contribution in [0, 0.1) is 6.92 Å². The van der Waals surface area contributed by atoms with Gasteiger partial charge in [-0.15, -0.1) is 0 Å². The van der Waals surface area contributed by atoms with Gasteiger partial charge in [0.25, 0.3) is 11.8 Å². The van der Waals surface area contributed by atoms with Gasteiger partial charge in [-0.2, -0.15) is 0 Å². The molecule has 2 aliphatic heterocycles. The monoisotopic (exact) mass is 432 g/mol. The molecule has 0 unspecified atom stereocenters. The maximum atomic E-state index is 12.5. The van der Waals surface area contributed by atoms with Crippen LogP contribution in [0.1, 0.15) is 38.2 Å². The Balaban J connectivity index is 1.57. The van der Waals surface area contributed by atoms with E-state index in [4.69, 9.17) is 9.47 Å². The quantitative estimate of drug-likeness (QED) is 0.661. The smallest absolute Gasteiger partial charge is 0.326 e. The lowest BCUT2D eigenvalue weighted by Gasteiger charge is -2.23. The number of ketones is 1. The molecule has 2 aliphatic rings. The van der Waals surface area contributed by atoms with E-state index in [0.29, 0.717) is 49.4 Å². The lowest BCUT2D eigenvalue weighted by Crippen LogP contribution is -2.42. The van der Waals surface area contributed by atoms with Crippen LogP contribution in [-0.4, -0.2) is 76.9 Å². The van der Waals surface area contributed by atoms with Gasteiger partial charge in [0, 0.05) is 18.7 Å². The normalized spacial score (nSPS) is 20.6. The van der Waals surface area contributed by atoms with Crippen molar-refractivity contribution >= 4 is 23.6 Å². The molecule has 168 valence electrons. The third kappa shape index (κ3) is 5.15. The Kier molecular flexibility index (Phi) is 7.14. The summed E-state index contributed by atoms with van der Waals surface area (Å²) >= 11 is 0. The summed E-state index contributed by atoms with van der Waals surface area (Å²) in [5, 5.41) is 9.23. The molecule has 2 fully saturated rings. The molecule has 0 aromatic heterocycles. The number of hydrogen-bond donors (Lipinski definition) is 1. The fourth-order valence-electron chi connectivity index (χ4n) is 4.16. The van der Waals surface area contributed by atoms with E-state index >= 15 is 0 Å². The van der Waals surface area contributed by atoms with Crippen molar-refractivity contribution in [1.82, 2.24) is 9.80 Å². The van der Waals surface area contributed by atoms with Crippen LogP contribution in [0.15, 0.2) is 18.2 Å². The van der Waals surface area contributed by atoms with Crippen LogP contribution in [0.4, 0.5) is 0 Å². The third-order valence-corrected chi connectivity index (χ3v) is 5.84. The number of ether oxygens (including phenoxy) is 2. The number of benzene rings is 1. The highest BCUT2D eigenvalue weighted by Crippen LogP contribution is 2.28. The van der Waals surface area contributed by atoms with Crippen LogP contribution >= 0.6 is 0 Å². The van der Waals surface area contributed by atoms with E-state index in [1.807, 2.05) is 0 Å². The third-order valence-electron chi connectivity index (χ3n) is 5.84. The largest absolute Gasteiger partial charge is 0.483 e. The van der Waals surface area contributed by atoms with Gasteiger partial charge in [-0.3, -0.25) is 14.4 Å². The topological polar surface area (TPSA) is 113 Å². The first-order chi connectivity index (χ1) is 14.8. The van der Waals surface area contributed by atoms with Gasteiger partial charge < -0.3 is 24.4 Å². The molecule has 1 aromatic rings. The Hall–Kier alpha value is -3.10. The second-order valence-electron chi connectivity index (χ2n) is 7.90. The zero-order valence-electron chi connectivity index (χ0n) is 17.8. The minimum atomic E-state index is -1.01. The molecule has 1 N–H and O–H groups in total. The Morgan fingerprint density at radius 2 is 1.42 bits per heavy atom. The van der Waals surface area contributed by atoms with E-state index in [9.17, 15) is 24.3 Å². The first-order valence-corrected chi connectivity index (χ1v) is 10.5. The van der Waals surface area contributed by atoms with Gasteiger partial charge in [-0.1, -0.05) is 6.07 Å². The standard InChI is InChI=1S/C22H28N2O7/c1-14-18(30-12-20(26)23-10-4-6-16(23)15(2)25)8-3-9-19(14)31-13-21(27)24-11-5-7-17(24)22(28)29/h3,8-9,16-17H,4-7,10-13H2,1-2H3,(H,28,29)/t16-,17-/m1/s1. The Morgan fingerprint density at radius 3 is 1.90 bits per heavy atom. The first-order valence-electron chi connectivity index (χ1n) is 10.5. The second-order valence-corrected chi connectivity index (χ2v) is 7.90. The number of amides is 2. The van der Waals surface area contributed by atoms with Crippen molar-refractivity contribution in [2.45, 2.75) is 51.6 Å². The average Bonchev–Trinajstić information content (AvgIpc) is 3.41. The summed E-state index contributed by atoms with van der Waals surface area (Å²) in [6, 6.07) is 3.89. The van der Waals surface area contributed by atoms with Crippen LogP contribution < -0.4 is 9.47 Å². The second kappa shape index (κ2) is 9.80. The molecule has 9 heteroatoms. The van der Waals surface area contributed by atoms with Crippen LogP contribution in [0.2, 0.25) is 0 Å². The molecular weight excluding hydrogens is 404 g/mol. The molecule has 9 nitrogen and oxygen atoms in total. The minimum absolute atomic E-state index is 0.0229. The predicted molar refractivity (Wildman–Crippen MR) is 110 cm³/mol. The summed E-state index contributed by atoms with van der Waals surface area (Å²) in [7, 11) is 0. The van der Waals surface area contributed by atoms with Crippen LogP contribution in [0.5, 0.6) is 11.5 Å². The van der Waals surface area contributed by atoms with E-state index in [1.54, 1.807) is 30.0 Å². The highest BCUT2D eigenvalue weighted by molar-refractivity contribution is 5.88. The number of nitrogens with zero attached hydrogens (tertiary/aromatic N) is 2. The number of Topliss-reactive ketones (excluding diaryl/α,β-unsaturated/α-hetero) is 1. The molecule has 0 spiro atoms. The predicted octanol–water partition coefficient (Wildman–Crippen LogP) is 1.41. The van der Waals surface area contributed by atoms with E-state index in [1.165, 1.54) is 11.8 Å². The lowest BCUT2D eigenvalue weighted by atomic mass is 10.1. The molecule has 1 aromatic carbocycles. The Bertz CT molecular complexity index is 803. The number of carbonyl (C=O) groups excluding carboxylic acids is 3. The highest BCUT2D eigenvalue weighted by atomic mass is 16.5. The van der Waals surface area contributed by atoms with E-state index < -0.39 is 12.0 Å². The Labute approximate surface area is 180 Å². The van der Waals surface area contributed by atoms with Crippen molar-refractivity contribution in [2.75, 3.05) is 26.3 Å². The Morgan fingerprint density at radius 1 is 0.935 bits per heavy atom. The van der Waals surface area contributed by atoms with Crippen LogP contribution in [0.25, 0.3) is 0 Å². The van der Waals surface area contributed by atoms with Crippen molar-refractivity contribution in [3.63, 3.8) is 0 Å². The minimum Gasteiger partial charge on any atom is -0.483 e. The fourth-order valence-corrected chi connectivity index (χ4v) is 4.16. The van der Waals surface area contributed by atoms with Gasteiger partial charge >= 0.3 is 5.97 Å². The summed E-state index contributed by atoms with van der Waals surface area (Å²) in [5.41, 5.74) is 0.629. The summed E-state index contributed by atoms with van der Waals surface area (Å²) in [6.45, 7) is 3.72. The molecule has 3 rings (SSSR count). The molecule has 0 saturated carbocycles. The number of carboxylic acids is 1. The zero-order valence-corrected chi connectivity index (χ0v) is 17.8. The summed E-state index contributed by atoms with van der Waals surface area (Å²) in [4.78, 5) is 50.8. The molecule has 0 bridgehead atoms. The average molecular weight is 432 g/mol. The number of carboxylic acid groups (broad SMARTS) is 1. The van der Waals surface area contributed by atoms with Gasteiger partial charge in [-0.05, 0) is 51.7 Å². The van der Waals surface area contributed by atoms with Gasteiger partial charge in [0.15, 0.2) is 19.0 Å². The molecule has 2 amide bonds. The molecular formula is C22H28N2O7. The molecule has 0 radical (unpaired) electrons. The van der Waals surface area contributed by atoms with Crippen LogP contribution in [0.3, 0.4) is 0 Å². The molecule has 2 atom stereocenters. The van der Waals surface area contributed by atoms with Gasteiger partial charge in [0.05, 0.1) is 6.04 Å². The molecule has 31 heavy (non-hydrogen) atoms. The van der Waals surface area contributed by atoms with Crippen molar-refractivity contribution in [2.24, 2.45) is 0 Å². The molecule has 2 saturated heterocycles. The summed E-state index contributed by atoms with van der Waals surface area (Å²) < 4.78 is 11.3. The number of aliphatic carboxylic acids is 1. The van der Waals surface area contributed by atoms with Crippen molar-refractivity contribution in [1.29, 1.82) is 0 Å². The molecule has 2 heterocycles. The summed E-state index contributed by atoms with van der Waals surface area (Å²) in [5.74, 6) is -0.784. The van der Waals surface area contributed by atoms with Gasteiger partial charge in [-0.25, -0.2) is 4.79 Å². The molecule has 0 aliphatic carbocycles. The van der Waals surface area contributed by atoms with Crippen molar-refractivity contribution in [3.05, 3.63) is 23.8 Å². The maximum Gasteiger partial charge on any atom is 0.326 e. The van der Waals surface area contributed by atoms with E-state index in [0.717, 1.165) is 6.42 Å². The van der Waals surface area contributed by atoms with E-state index in [-0.39, 0.29) is 36.9 Å². The maximum absolute atomic E-state index is 12.5. The zero-order chi connectivity index (χ0) is 22.5. The van der Waals surface area contributed by atoms with Gasteiger partial charge in [0.2, 0.25) is 0 Å². The number of likely N-dealkylation sites (tertiary alicyclic amines) is 2. The van der Waals surface area contributed by atoms with Crippen LogP contribution in [-0.2, 0) is 19.2 Å². The SMILES string of the molecule is CC(=O)[C@H]1CCCN1C(=O)COc1cccc(OCC(=O)N2CCC[C@@H]2C(=O)O)c1C. The lowest BCUT2D eigenvalue weighted by molar-refractivity contribution is -0.149. The van der Waals surface area contributed by atoms with E-state index in [2.05, 4.69) is 0 Å².